The Morgan fingerprint density at radius 2 is 1.40 bits per heavy atom. The van der Waals surface area contributed by atoms with Crippen LogP contribution in [0.5, 0.6) is 0 Å². The molecule has 0 aliphatic heterocycles. The van der Waals surface area contributed by atoms with Crippen LogP contribution < -0.4 is 5.32 Å². The maximum Gasteiger partial charge on any atom is 0.0125 e. The first kappa shape index (κ1) is 15.0. The molecular weight excluding hydrogens is 182 g/mol. The van der Waals surface area contributed by atoms with Gasteiger partial charge in [-0.15, -0.1) is 0 Å². The maximum atomic E-state index is 3.65. The molecule has 1 nitrogen and oxygen atoms in total. The van der Waals surface area contributed by atoms with Crippen LogP contribution >= 0.6 is 0 Å². The van der Waals surface area contributed by atoms with Crippen molar-refractivity contribution in [3.05, 3.63) is 0 Å². The molecule has 0 heterocycles. The van der Waals surface area contributed by atoms with Gasteiger partial charge < -0.3 is 5.32 Å². The Balaban J connectivity index is 3.22. The van der Waals surface area contributed by atoms with Crippen LogP contribution in [0, 0.1) is 0 Å². The number of hydrogen-bond acceptors (Lipinski definition) is 1. The normalized spacial score (nSPS) is 12.0. The van der Waals surface area contributed by atoms with Crippen LogP contribution in [0.3, 0.4) is 0 Å². The third kappa shape index (κ3) is 10.2. The van der Waals surface area contributed by atoms with Crippen molar-refractivity contribution in [3.8, 4) is 0 Å². The lowest BCUT2D eigenvalue weighted by Crippen LogP contribution is -2.39. The summed E-state index contributed by atoms with van der Waals surface area (Å²) in [6.07, 6.45) is 10.9. The molecular formula is C14H31N. The topological polar surface area (TPSA) is 12.0 Å². The van der Waals surface area contributed by atoms with Crippen molar-refractivity contribution >= 4 is 0 Å². The predicted molar refractivity (Wildman–Crippen MR) is 70.4 cm³/mol. The van der Waals surface area contributed by atoms with Gasteiger partial charge in [-0.2, -0.15) is 0 Å². The molecule has 1 heteroatoms. The Hall–Kier alpha value is -0.0400. The Kier molecular flexibility index (Phi) is 9.18. The first-order valence-electron chi connectivity index (χ1n) is 6.87. The summed E-state index contributed by atoms with van der Waals surface area (Å²) >= 11 is 0. The number of rotatable bonds is 10. The van der Waals surface area contributed by atoms with E-state index >= 15 is 0 Å². The maximum absolute atomic E-state index is 3.65. The highest BCUT2D eigenvalue weighted by atomic mass is 14.9. The standard InChI is InChI=1S/C14H31N/c1-5-7-8-9-10-11-13-15-14(3,4)12-6-2/h15H,5-13H2,1-4H3. The Bertz CT molecular complexity index is 129. The molecule has 0 atom stereocenters. The quantitative estimate of drug-likeness (QED) is 0.526. The predicted octanol–water partition coefficient (Wildman–Crippen LogP) is 4.52. The molecule has 0 unspecified atom stereocenters. The van der Waals surface area contributed by atoms with Gasteiger partial charge in [-0.3, -0.25) is 0 Å². The van der Waals surface area contributed by atoms with E-state index in [1.54, 1.807) is 0 Å². The summed E-state index contributed by atoms with van der Waals surface area (Å²) in [6, 6.07) is 0. The summed E-state index contributed by atoms with van der Waals surface area (Å²) in [5.41, 5.74) is 0.345. The molecule has 0 rings (SSSR count). The molecule has 0 radical (unpaired) electrons. The molecule has 0 saturated carbocycles. The fourth-order valence-corrected chi connectivity index (χ4v) is 2.05. The van der Waals surface area contributed by atoms with Crippen LogP contribution in [0.2, 0.25) is 0 Å². The zero-order valence-corrected chi connectivity index (χ0v) is 11.4. The van der Waals surface area contributed by atoms with Crippen LogP contribution in [0.25, 0.3) is 0 Å². The third-order valence-electron chi connectivity index (χ3n) is 3.01. The summed E-state index contributed by atoms with van der Waals surface area (Å²) in [5, 5.41) is 3.65. The van der Waals surface area contributed by atoms with Gasteiger partial charge in [-0.25, -0.2) is 0 Å². The van der Waals surface area contributed by atoms with E-state index in [9.17, 15) is 0 Å². The van der Waals surface area contributed by atoms with Crippen molar-refractivity contribution in [1.82, 2.24) is 5.32 Å². The van der Waals surface area contributed by atoms with Crippen LogP contribution in [-0.4, -0.2) is 12.1 Å². The van der Waals surface area contributed by atoms with E-state index in [2.05, 4.69) is 33.0 Å². The van der Waals surface area contributed by atoms with Gasteiger partial charge in [0.1, 0.15) is 0 Å². The van der Waals surface area contributed by atoms with Gasteiger partial charge in [-0.05, 0) is 33.2 Å². The minimum absolute atomic E-state index is 0.345. The molecule has 1 N–H and O–H groups in total. The van der Waals surface area contributed by atoms with Crippen molar-refractivity contribution in [3.63, 3.8) is 0 Å². The van der Waals surface area contributed by atoms with E-state index in [4.69, 9.17) is 0 Å². The van der Waals surface area contributed by atoms with Crippen LogP contribution in [0.15, 0.2) is 0 Å². The molecule has 92 valence electrons. The first-order chi connectivity index (χ1) is 7.12. The van der Waals surface area contributed by atoms with Gasteiger partial charge in [0.25, 0.3) is 0 Å². The van der Waals surface area contributed by atoms with Crippen molar-refractivity contribution in [2.75, 3.05) is 6.54 Å². The van der Waals surface area contributed by atoms with Crippen LogP contribution in [0.1, 0.15) is 79.1 Å². The van der Waals surface area contributed by atoms with Crippen molar-refractivity contribution in [2.45, 2.75) is 84.6 Å². The number of nitrogens with one attached hydrogen (secondary N) is 1. The lowest BCUT2D eigenvalue weighted by Gasteiger charge is -2.25. The fourth-order valence-electron chi connectivity index (χ4n) is 2.05. The van der Waals surface area contributed by atoms with Crippen molar-refractivity contribution in [1.29, 1.82) is 0 Å². The molecule has 0 aliphatic carbocycles. The molecule has 0 aliphatic rings. The molecule has 0 fully saturated rings. The molecule has 15 heavy (non-hydrogen) atoms. The zero-order valence-electron chi connectivity index (χ0n) is 11.4. The summed E-state index contributed by atoms with van der Waals surface area (Å²) in [7, 11) is 0. The summed E-state index contributed by atoms with van der Waals surface area (Å²) in [4.78, 5) is 0. The summed E-state index contributed by atoms with van der Waals surface area (Å²) in [5.74, 6) is 0. The first-order valence-corrected chi connectivity index (χ1v) is 6.87. The smallest absolute Gasteiger partial charge is 0.0125 e. The van der Waals surface area contributed by atoms with E-state index in [0.717, 1.165) is 0 Å². The van der Waals surface area contributed by atoms with Crippen molar-refractivity contribution in [2.24, 2.45) is 0 Å². The van der Waals surface area contributed by atoms with Gasteiger partial charge in [0.2, 0.25) is 0 Å². The lowest BCUT2D eigenvalue weighted by atomic mass is 9.99. The number of hydrogen-bond donors (Lipinski definition) is 1. The molecule has 0 spiro atoms. The van der Waals surface area contributed by atoms with Gasteiger partial charge in [0.15, 0.2) is 0 Å². The molecule has 0 aromatic rings. The summed E-state index contributed by atoms with van der Waals surface area (Å²) in [6.45, 7) is 10.4. The Morgan fingerprint density at radius 1 is 0.800 bits per heavy atom. The van der Waals surface area contributed by atoms with E-state index in [1.165, 1.54) is 57.9 Å². The molecule has 0 aromatic carbocycles. The second-order valence-electron chi connectivity index (χ2n) is 5.33. The summed E-state index contributed by atoms with van der Waals surface area (Å²) < 4.78 is 0. The third-order valence-corrected chi connectivity index (χ3v) is 3.01. The number of unbranched alkanes of at least 4 members (excludes halogenated alkanes) is 5. The second-order valence-corrected chi connectivity index (χ2v) is 5.33. The van der Waals surface area contributed by atoms with E-state index in [1.807, 2.05) is 0 Å². The van der Waals surface area contributed by atoms with Crippen molar-refractivity contribution < 1.29 is 0 Å². The lowest BCUT2D eigenvalue weighted by molar-refractivity contribution is 0.354. The van der Waals surface area contributed by atoms with Crippen LogP contribution in [0.4, 0.5) is 0 Å². The SMILES string of the molecule is CCCCCCCCNC(C)(C)CCC. The van der Waals surface area contributed by atoms with Gasteiger partial charge >= 0.3 is 0 Å². The highest BCUT2D eigenvalue weighted by Crippen LogP contribution is 2.11. The highest BCUT2D eigenvalue weighted by molar-refractivity contribution is 4.76. The van der Waals surface area contributed by atoms with E-state index < -0.39 is 0 Å². The molecule has 0 amide bonds. The minimum Gasteiger partial charge on any atom is -0.312 e. The molecule has 0 aromatic heterocycles. The average molecular weight is 213 g/mol. The average Bonchev–Trinajstić information content (AvgIpc) is 2.16. The monoisotopic (exact) mass is 213 g/mol. The van der Waals surface area contributed by atoms with E-state index in [0.29, 0.717) is 5.54 Å². The Labute approximate surface area is 97.0 Å². The largest absolute Gasteiger partial charge is 0.312 e. The minimum atomic E-state index is 0.345. The van der Waals surface area contributed by atoms with Gasteiger partial charge in [-0.1, -0.05) is 52.4 Å². The second kappa shape index (κ2) is 9.21. The Morgan fingerprint density at radius 3 is 2.00 bits per heavy atom. The van der Waals surface area contributed by atoms with E-state index in [-0.39, 0.29) is 0 Å². The molecule has 0 bridgehead atoms. The van der Waals surface area contributed by atoms with Gasteiger partial charge in [0.05, 0.1) is 0 Å². The fraction of sp³-hybridized carbons (Fsp3) is 1.00. The van der Waals surface area contributed by atoms with Crippen LogP contribution in [-0.2, 0) is 0 Å². The van der Waals surface area contributed by atoms with Gasteiger partial charge in [0, 0.05) is 5.54 Å². The zero-order chi connectivity index (χ0) is 11.6. The highest BCUT2D eigenvalue weighted by Gasteiger charge is 2.13. The molecule has 0 saturated heterocycles.